The Morgan fingerprint density at radius 1 is 1.48 bits per heavy atom. The molecule has 4 nitrogen and oxygen atoms in total. The summed E-state index contributed by atoms with van der Waals surface area (Å²) in [4.78, 5) is 2.01. The van der Waals surface area contributed by atoms with E-state index in [0.717, 1.165) is 12.0 Å². The van der Waals surface area contributed by atoms with Crippen LogP contribution in [0.25, 0.3) is 0 Å². The Morgan fingerprint density at radius 2 is 2.19 bits per heavy atom. The SMILES string of the molecule is CCC(N)C(c1cccc(F)c1)N(C)C1CCS(=O)(=O)C1. The monoisotopic (exact) mass is 314 g/mol. The summed E-state index contributed by atoms with van der Waals surface area (Å²) in [6.45, 7) is 1.98. The Labute approximate surface area is 126 Å². The fourth-order valence-electron chi connectivity index (χ4n) is 3.02. The predicted octanol–water partition coefficient (Wildman–Crippen LogP) is 1.72. The number of nitrogens with two attached hydrogens (primary N) is 1. The maximum absolute atomic E-state index is 13.5. The van der Waals surface area contributed by atoms with Crippen LogP contribution < -0.4 is 5.73 Å². The van der Waals surface area contributed by atoms with Crippen LogP contribution in [0.15, 0.2) is 24.3 Å². The summed E-state index contributed by atoms with van der Waals surface area (Å²) in [7, 11) is -1.07. The Morgan fingerprint density at radius 3 is 2.71 bits per heavy atom. The van der Waals surface area contributed by atoms with Crippen molar-refractivity contribution < 1.29 is 12.8 Å². The highest BCUT2D eigenvalue weighted by molar-refractivity contribution is 7.91. The van der Waals surface area contributed by atoms with Crippen LogP contribution in [0, 0.1) is 5.82 Å². The van der Waals surface area contributed by atoms with Gasteiger partial charge in [-0.1, -0.05) is 19.1 Å². The summed E-state index contributed by atoms with van der Waals surface area (Å²) in [5.41, 5.74) is 7.02. The van der Waals surface area contributed by atoms with Gasteiger partial charge in [0.05, 0.1) is 11.5 Å². The van der Waals surface area contributed by atoms with Crippen LogP contribution in [-0.4, -0.2) is 44.0 Å². The minimum absolute atomic E-state index is 0.0548. The van der Waals surface area contributed by atoms with E-state index in [4.69, 9.17) is 5.73 Å². The van der Waals surface area contributed by atoms with E-state index in [2.05, 4.69) is 0 Å². The molecular formula is C15H23FN2O2S. The van der Waals surface area contributed by atoms with Crippen LogP contribution in [0.5, 0.6) is 0 Å². The Hall–Kier alpha value is -0.980. The van der Waals surface area contributed by atoms with Gasteiger partial charge in [0.25, 0.3) is 0 Å². The third-order valence-corrected chi connectivity index (χ3v) is 6.04. The van der Waals surface area contributed by atoms with Gasteiger partial charge in [-0.15, -0.1) is 0 Å². The van der Waals surface area contributed by atoms with E-state index < -0.39 is 9.84 Å². The maximum Gasteiger partial charge on any atom is 0.151 e. The fourth-order valence-corrected chi connectivity index (χ4v) is 4.81. The molecule has 1 heterocycles. The lowest BCUT2D eigenvalue weighted by Crippen LogP contribution is -2.44. The zero-order valence-corrected chi connectivity index (χ0v) is 13.3. The Bertz CT molecular complexity index is 591. The molecule has 2 N–H and O–H groups in total. The van der Waals surface area contributed by atoms with Crippen molar-refractivity contribution in [1.82, 2.24) is 4.90 Å². The number of rotatable bonds is 5. The molecular weight excluding hydrogens is 291 g/mol. The fraction of sp³-hybridized carbons (Fsp3) is 0.600. The van der Waals surface area contributed by atoms with Crippen LogP contribution in [0.3, 0.4) is 0 Å². The topological polar surface area (TPSA) is 63.4 Å². The quantitative estimate of drug-likeness (QED) is 0.899. The first-order valence-electron chi connectivity index (χ1n) is 7.27. The molecule has 3 atom stereocenters. The second kappa shape index (κ2) is 6.42. The number of hydrogen-bond acceptors (Lipinski definition) is 4. The summed E-state index contributed by atoms with van der Waals surface area (Å²) in [6.07, 6.45) is 1.35. The van der Waals surface area contributed by atoms with Gasteiger partial charge in [0.15, 0.2) is 9.84 Å². The van der Waals surface area contributed by atoms with Gasteiger partial charge in [-0.2, -0.15) is 0 Å². The van der Waals surface area contributed by atoms with Crippen molar-refractivity contribution in [2.24, 2.45) is 5.73 Å². The van der Waals surface area contributed by atoms with Gasteiger partial charge < -0.3 is 5.73 Å². The highest BCUT2D eigenvalue weighted by Gasteiger charge is 2.35. The van der Waals surface area contributed by atoms with Crippen molar-refractivity contribution in [3.63, 3.8) is 0 Å². The van der Waals surface area contributed by atoms with Crippen molar-refractivity contribution in [1.29, 1.82) is 0 Å². The smallest absolute Gasteiger partial charge is 0.151 e. The molecule has 1 fully saturated rings. The van der Waals surface area contributed by atoms with Crippen LogP contribution >= 0.6 is 0 Å². The zero-order valence-electron chi connectivity index (χ0n) is 12.5. The first kappa shape index (κ1) is 16.4. The summed E-state index contributed by atoms with van der Waals surface area (Å²) in [5.74, 6) is 0.0820. The van der Waals surface area contributed by atoms with Crippen LogP contribution in [0.4, 0.5) is 4.39 Å². The molecule has 1 saturated heterocycles. The normalized spacial score (nSPS) is 24.1. The van der Waals surface area contributed by atoms with Crippen LogP contribution in [0.2, 0.25) is 0 Å². The van der Waals surface area contributed by atoms with Crippen LogP contribution in [-0.2, 0) is 9.84 Å². The number of hydrogen-bond donors (Lipinski definition) is 1. The van der Waals surface area contributed by atoms with Gasteiger partial charge in [-0.05, 0) is 37.6 Å². The Balaban J connectivity index is 2.28. The largest absolute Gasteiger partial charge is 0.326 e. The summed E-state index contributed by atoms with van der Waals surface area (Å²) in [6, 6.07) is 6.01. The third-order valence-electron chi connectivity index (χ3n) is 4.29. The molecule has 1 aromatic carbocycles. The molecule has 0 radical (unpaired) electrons. The molecule has 0 amide bonds. The Kier molecular flexibility index (Phi) is 5.01. The molecule has 21 heavy (non-hydrogen) atoms. The van der Waals surface area contributed by atoms with Crippen molar-refractivity contribution in [2.45, 2.75) is 37.9 Å². The number of halogens is 1. The van der Waals surface area contributed by atoms with E-state index in [9.17, 15) is 12.8 Å². The highest BCUT2D eigenvalue weighted by atomic mass is 32.2. The van der Waals surface area contributed by atoms with Gasteiger partial charge in [-0.25, -0.2) is 12.8 Å². The highest BCUT2D eigenvalue weighted by Crippen LogP contribution is 2.29. The van der Waals surface area contributed by atoms with Gasteiger partial charge in [0, 0.05) is 18.1 Å². The standard InChI is InChI=1S/C15H23FN2O2S/c1-3-14(17)15(11-5-4-6-12(16)9-11)18(2)13-7-8-21(19,20)10-13/h4-6,9,13-15H,3,7-8,10,17H2,1-2H3. The summed E-state index contributed by atoms with van der Waals surface area (Å²) >= 11 is 0. The molecule has 6 heteroatoms. The number of nitrogens with zero attached hydrogens (tertiary/aromatic N) is 1. The van der Waals surface area contributed by atoms with E-state index in [1.54, 1.807) is 6.07 Å². The first-order valence-corrected chi connectivity index (χ1v) is 9.09. The van der Waals surface area contributed by atoms with E-state index in [0.29, 0.717) is 6.42 Å². The van der Waals surface area contributed by atoms with E-state index in [1.807, 2.05) is 24.9 Å². The first-order chi connectivity index (χ1) is 9.84. The summed E-state index contributed by atoms with van der Waals surface area (Å²) < 4.78 is 36.9. The lowest BCUT2D eigenvalue weighted by molar-refractivity contribution is 0.161. The van der Waals surface area contributed by atoms with Gasteiger partial charge in [0.2, 0.25) is 0 Å². The second-order valence-electron chi connectivity index (χ2n) is 5.79. The molecule has 0 aromatic heterocycles. The van der Waals surface area contributed by atoms with Crippen molar-refractivity contribution in [3.05, 3.63) is 35.6 Å². The van der Waals surface area contributed by atoms with Crippen molar-refractivity contribution in [3.8, 4) is 0 Å². The van der Waals surface area contributed by atoms with Gasteiger partial charge in [0.1, 0.15) is 5.82 Å². The van der Waals surface area contributed by atoms with Gasteiger partial charge >= 0.3 is 0 Å². The molecule has 0 aliphatic carbocycles. The molecule has 1 aliphatic rings. The average molecular weight is 314 g/mol. The van der Waals surface area contributed by atoms with E-state index >= 15 is 0 Å². The predicted molar refractivity (Wildman–Crippen MR) is 82.2 cm³/mol. The average Bonchev–Trinajstić information content (AvgIpc) is 2.79. The summed E-state index contributed by atoms with van der Waals surface area (Å²) in [5, 5.41) is 0. The van der Waals surface area contributed by atoms with Crippen LogP contribution in [0.1, 0.15) is 31.4 Å². The minimum Gasteiger partial charge on any atom is -0.326 e. The second-order valence-corrected chi connectivity index (χ2v) is 8.02. The van der Waals surface area contributed by atoms with E-state index in [-0.39, 0.29) is 35.4 Å². The zero-order chi connectivity index (χ0) is 15.6. The molecule has 1 aromatic rings. The van der Waals surface area contributed by atoms with Gasteiger partial charge in [-0.3, -0.25) is 4.90 Å². The number of sulfone groups is 1. The van der Waals surface area contributed by atoms with E-state index in [1.165, 1.54) is 12.1 Å². The lowest BCUT2D eigenvalue weighted by Gasteiger charge is -2.36. The maximum atomic E-state index is 13.5. The third kappa shape index (κ3) is 3.81. The molecule has 1 aliphatic heterocycles. The molecule has 0 bridgehead atoms. The molecule has 3 unspecified atom stereocenters. The number of benzene rings is 1. The molecule has 2 rings (SSSR count). The molecule has 0 saturated carbocycles. The molecule has 0 spiro atoms. The van der Waals surface area contributed by atoms with Crippen molar-refractivity contribution in [2.75, 3.05) is 18.6 Å². The number of likely N-dealkylation sites (N-methyl/N-ethyl adjacent to an activating group) is 1. The lowest BCUT2D eigenvalue weighted by atomic mass is 9.95. The minimum atomic E-state index is -2.95. The van der Waals surface area contributed by atoms with Crippen molar-refractivity contribution >= 4 is 9.84 Å². The molecule has 118 valence electrons.